The van der Waals surface area contributed by atoms with Gasteiger partial charge in [0.1, 0.15) is 6.04 Å². The SMILES string of the molecule is CCCCCCCCCCCCC/C=C/C(=O)NCCCC[C@@H](C(=O)O)N(C)C. The predicted molar refractivity (Wildman–Crippen MR) is 122 cm³/mol. The highest BCUT2D eigenvalue weighted by Crippen LogP contribution is 2.12. The average Bonchev–Trinajstić information content (AvgIpc) is 2.67. The van der Waals surface area contributed by atoms with Gasteiger partial charge in [-0.3, -0.25) is 14.5 Å². The molecule has 2 N–H and O–H groups in total. The zero-order valence-corrected chi connectivity index (χ0v) is 19.3. The highest BCUT2D eigenvalue weighted by Gasteiger charge is 2.18. The third-order valence-corrected chi connectivity index (χ3v) is 5.36. The molecule has 0 radical (unpaired) electrons. The number of hydrogen-bond donors (Lipinski definition) is 2. The van der Waals surface area contributed by atoms with Crippen LogP contribution in [0.2, 0.25) is 0 Å². The van der Waals surface area contributed by atoms with E-state index in [0.717, 1.165) is 25.7 Å². The standard InChI is InChI=1S/C24H46N2O3/c1-4-5-6-7-8-9-10-11-12-13-14-15-16-20-23(27)25-21-18-17-19-22(24(28)29)26(2)3/h16,20,22H,4-15,17-19,21H2,1-3H3,(H,25,27)(H,28,29)/b20-16+/t22-/m0/s1. The second-order valence-corrected chi connectivity index (χ2v) is 8.33. The number of allylic oxidation sites excluding steroid dienone is 1. The molecule has 0 saturated carbocycles. The van der Waals surface area contributed by atoms with Crippen molar-refractivity contribution in [1.29, 1.82) is 0 Å². The summed E-state index contributed by atoms with van der Waals surface area (Å²) in [4.78, 5) is 24.6. The molecule has 0 bridgehead atoms. The third kappa shape index (κ3) is 18.4. The Balaban J connectivity index is 3.46. The fourth-order valence-electron chi connectivity index (χ4n) is 3.45. The molecular weight excluding hydrogens is 364 g/mol. The van der Waals surface area contributed by atoms with E-state index in [9.17, 15) is 9.59 Å². The summed E-state index contributed by atoms with van der Waals surface area (Å²) in [6.45, 7) is 2.86. The first-order valence-corrected chi connectivity index (χ1v) is 11.8. The van der Waals surface area contributed by atoms with Crippen LogP contribution >= 0.6 is 0 Å². The van der Waals surface area contributed by atoms with Gasteiger partial charge in [0, 0.05) is 6.54 Å². The summed E-state index contributed by atoms with van der Waals surface area (Å²) in [6.07, 6.45) is 21.5. The van der Waals surface area contributed by atoms with Gasteiger partial charge in [0.2, 0.25) is 5.91 Å². The van der Waals surface area contributed by atoms with Gasteiger partial charge in [-0.25, -0.2) is 0 Å². The number of aliphatic carboxylic acids is 1. The number of carbonyl (C=O) groups is 2. The summed E-state index contributed by atoms with van der Waals surface area (Å²) in [5, 5.41) is 12.0. The van der Waals surface area contributed by atoms with E-state index in [0.29, 0.717) is 13.0 Å². The van der Waals surface area contributed by atoms with Crippen molar-refractivity contribution in [1.82, 2.24) is 10.2 Å². The zero-order chi connectivity index (χ0) is 21.7. The highest BCUT2D eigenvalue weighted by atomic mass is 16.4. The van der Waals surface area contributed by atoms with Crippen LogP contribution in [0.4, 0.5) is 0 Å². The monoisotopic (exact) mass is 410 g/mol. The summed E-state index contributed by atoms with van der Waals surface area (Å²) < 4.78 is 0. The number of hydrogen-bond acceptors (Lipinski definition) is 3. The average molecular weight is 411 g/mol. The molecule has 0 aromatic heterocycles. The molecule has 1 amide bonds. The van der Waals surface area contributed by atoms with Crippen LogP contribution < -0.4 is 5.32 Å². The summed E-state index contributed by atoms with van der Waals surface area (Å²) in [5.41, 5.74) is 0. The number of carboxylic acids is 1. The van der Waals surface area contributed by atoms with Crippen molar-refractivity contribution < 1.29 is 14.7 Å². The molecule has 0 aliphatic rings. The molecule has 0 saturated heterocycles. The molecule has 0 aromatic rings. The Morgan fingerprint density at radius 3 is 1.93 bits per heavy atom. The van der Waals surface area contributed by atoms with Crippen LogP contribution in [-0.2, 0) is 9.59 Å². The first-order valence-electron chi connectivity index (χ1n) is 11.8. The quantitative estimate of drug-likeness (QED) is 0.204. The Morgan fingerprint density at radius 2 is 1.41 bits per heavy atom. The van der Waals surface area contributed by atoms with Gasteiger partial charge in [0.05, 0.1) is 0 Å². The Morgan fingerprint density at radius 1 is 0.862 bits per heavy atom. The number of likely N-dealkylation sites (N-methyl/N-ethyl adjacent to an activating group) is 1. The number of nitrogens with zero attached hydrogens (tertiary/aromatic N) is 1. The molecular formula is C24H46N2O3. The number of amides is 1. The summed E-state index contributed by atoms with van der Waals surface area (Å²) >= 11 is 0. The Kier molecular flexibility index (Phi) is 19.0. The van der Waals surface area contributed by atoms with Crippen LogP contribution in [0.1, 0.15) is 103 Å². The Bertz CT molecular complexity index is 436. The molecule has 0 unspecified atom stereocenters. The maximum absolute atomic E-state index is 11.8. The summed E-state index contributed by atoms with van der Waals surface area (Å²) in [5.74, 6) is -0.833. The first-order chi connectivity index (χ1) is 14.0. The minimum atomic E-state index is -0.788. The first kappa shape index (κ1) is 27.6. The van der Waals surface area contributed by atoms with E-state index in [-0.39, 0.29) is 5.91 Å². The molecule has 0 aliphatic carbocycles. The third-order valence-electron chi connectivity index (χ3n) is 5.36. The van der Waals surface area contributed by atoms with Gasteiger partial charge >= 0.3 is 5.97 Å². The minimum absolute atomic E-state index is 0.0459. The molecule has 0 heterocycles. The van der Waals surface area contributed by atoms with E-state index in [1.54, 1.807) is 25.1 Å². The van der Waals surface area contributed by atoms with Crippen LogP contribution in [0.5, 0.6) is 0 Å². The van der Waals surface area contributed by atoms with E-state index >= 15 is 0 Å². The van der Waals surface area contributed by atoms with Crippen LogP contribution in [-0.4, -0.2) is 48.6 Å². The van der Waals surface area contributed by atoms with Crippen LogP contribution in [0.15, 0.2) is 12.2 Å². The lowest BCUT2D eigenvalue weighted by Gasteiger charge is -2.19. The van der Waals surface area contributed by atoms with Crippen molar-refractivity contribution in [2.24, 2.45) is 0 Å². The van der Waals surface area contributed by atoms with E-state index in [4.69, 9.17) is 5.11 Å². The number of carbonyl (C=O) groups excluding carboxylic acids is 1. The molecule has 0 rings (SSSR count). The minimum Gasteiger partial charge on any atom is -0.480 e. The van der Waals surface area contributed by atoms with Gasteiger partial charge in [-0.15, -0.1) is 0 Å². The summed E-state index contributed by atoms with van der Waals surface area (Å²) in [7, 11) is 3.56. The molecule has 0 spiro atoms. The second kappa shape index (κ2) is 19.9. The number of unbranched alkanes of at least 4 members (excludes halogenated alkanes) is 12. The predicted octanol–water partition coefficient (Wildman–Crippen LogP) is 5.55. The van der Waals surface area contributed by atoms with Crippen molar-refractivity contribution >= 4 is 11.9 Å². The molecule has 170 valence electrons. The number of nitrogens with one attached hydrogen (secondary N) is 1. The molecule has 0 fully saturated rings. The lowest BCUT2D eigenvalue weighted by Crippen LogP contribution is -2.35. The lowest BCUT2D eigenvalue weighted by atomic mass is 10.1. The van der Waals surface area contributed by atoms with E-state index in [1.807, 2.05) is 6.08 Å². The van der Waals surface area contributed by atoms with Crippen molar-refractivity contribution in [3.63, 3.8) is 0 Å². The van der Waals surface area contributed by atoms with Gasteiger partial charge in [-0.1, -0.05) is 77.2 Å². The van der Waals surface area contributed by atoms with E-state index in [1.165, 1.54) is 64.2 Å². The van der Waals surface area contributed by atoms with Gasteiger partial charge < -0.3 is 10.4 Å². The van der Waals surface area contributed by atoms with Crippen molar-refractivity contribution in [2.45, 2.75) is 109 Å². The van der Waals surface area contributed by atoms with Crippen molar-refractivity contribution in [2.75, 3.05) is 20.6 Å². The number of rotatable bonds is 20. The largest absolute Gasteiger partial charge is 0.480 e. The van der Waals surface area contributed by atoms with Crippen molar-refractivity contribution in [3.8, 4) is 0 Å². The lowest BCUT2D eigenvalue weighted by molar-refractivity contribution is -0.142. The molecule has 5 heteroatoms. The van der Waals surface area contributed by atoms with Crippen LogP contribution in [0, 0.1) is 0 Å². The topological polar surface area (TPSA) is 69.6 Å². The second-order valence-electron chi connectivity index (χ2n) is 8.33. The molecule has 0 aliphatic heterocycles. The smallest absolute Gasteiger partial charge is 0.320 e. The molecule has 29 heavy (non-hydrogen) atoms. The van der Waals surface area contributed by atoms with Gasteiger partial charge in [0.25, 0.3) is 0 Å². The zero-order valence-electron chi connectivity index (χ0n) is 19.3. The normalized spacial score (nSPS) is 12.6. The van der Waals surface area contributed by atoms with Crippen LogP contribution in [0.25, 0.3) is 0 Å². The molecule has 0 aromatic carbocycles. The van der Waals surface area contributed by atoms with Crippen molar-refractivity contribution in [3.05, 3.63) is 12.2 Å². The highest BCUT2D eigenvalue weighted by molar-refractivity contribution is 5.87. The fraction of sp³-hybridized carbons (Fsp3) is 0.833. The van der Waals surface area contributed by atoms with E-state index < -0.39 is 12.0 Å². The maximum Gasteiger partial charge on any atom is 0.320 e. The summed E-state index contributed by atoms with van der Waals surface area (Å²) in [6, 6.07) is -0.448. The Labute approximate surface area is 179 Å². The Hall–Kier alpha value is -1.36. The fourth-order valence-corrected chi connectivity index (χ4v) is 3.45. The molecule has 1 atom stereocenters. The maximum atomic E-state index is 11.8. The molecule has 5 nitrogen and oxygen atoms in total. The van der Waals surface area contributed by atoms with Gasteiger partial charge in [0.15, 0.2) is 0 Å². The van der Waals surface area contributed by atoms with Gasteiger partial charge in [-0.2, -0.15) is 0 Å². The number of carboxylic acid groups (broad SMARTS) is 1. The van der Waals surface area contributed by atoms with E-state index in [2.05, 4.69) is 12.2 Å². The van der Waals surface area contributed by atoms with Gasteiger partial charge in [-0.05, 0) is 52.3 Å². The van der Waals surface area contributed by atoms with Crippen LogP contribution in [0.3, 0.4) is 0 Å².